The Kier molecular flexibility index (Phi) is 5.07. The quantitative estimate of drug-likeness (QED) is 0.885. The van der Waals surface area contributed by atoms with Gasteiger partial charge in [0.1, 0.15) is 0 Å². The molecule has 0 amide bonds. The van der Waals surface area contributed by atoms with Crippen molar-refractivity contribution in [1.82, 2.24) is 15.1 Å². The van der Waals surface area contributed by atoms with Gasteiger partial charge in [-0.3, -0.25) is 4.68 Å². The summed E-state index contributed by atoms with van der Waals surface area (Å²) in [4.78, 5) is 0. The van der Waals surface area contributed by atoms with Crippen molar-refractivity contribution in [2.45, 2.75) is 46.7 Å². The molecule has 0 spiro atoms. The Bertz CT molecular complexity index is 596. The molecule has 0 aliphatic carbocycles. The molecule has 0 fully saturated rings. The zero-order chi connectivity index (χ0) is 15.6. The van der Waals surface area contributed by atoms with Gasteiger partial charge in [-0.15, -0.1) is 0 Å². The highest BCUT2D eigenvalue weighted by molar-refractivity contribution is 6.31. The van der Waals surface area contributed by atoms with Crippen molar-refractivity contribution in [3.05, 3.63) is 51.8 Å². The fourth-order valence-electron chi connectivity index (χ4n) is 2.85. The summed E-state index contributed by atoms with van der Waals surface area (Å²) in [5, 5.41) is 8.74. The first-order chi connectivity index (χ1) is 9.97. The molecule has 4 heteroatoms. The lowest BCUT2D eigenvalue weighted by Crippen LogP contribution is -2.27. The van der Waals surface area contributed by atoms with Crippen LogP contribution in [0.5, 0.6) is 0 Å². The molecule has 0 bridgehead atoms. The van der Waals surface area contributed by atoms with E-state index in [1.165, 1.54) is 16.7 Å². The molecule has 1 heterocycles. The van der Waals surface area contributed by atoms with Crippen molar-refractivity contribution in [3.63, 3.8) is 0 Å². The average molecular weight is 306 g/mol. The molecule has 0 aliphatic heterocycles. The molecule has 1 unspecified atom stereocenters. The summed E-state index contributed by atoms with van der Waals surface area (Å²) in [6.07, 6.45) is 1.74. The molecule has 1 atom stereocenters. The molecule has 0 radical (unpaired) electrons. The predicted molar refractivity (Wildman–Crippen MR) is 89.1 cm³/mol. The monoisotopic (exact) mass is 305 g/mol. The molecule has 0 saturated carbocycles. The maximum absolute atomic E-state index is 6.45. The lowest BCUT2D eigenvalue weighted by atomic mass is 9.93. The highest BCUT2D eigenvalue weighted by Crippen LogP contribution is 2.33. The molecule has 2 rings (SSSR count). The summed E-state index contributed by atoms with van der Waals surface area (Å²) in [5.41, 5.74) is 4.89. The van der Waals surface area contributed by atoms with Crippen LogP contribution in [0.15, 0.2) is 24.4 Å². The predicted octanol–water partition coefficient (Wildman–Crippen LogP) is 4.43. The summed E-state index contributed by atoms with van der Waals surface area (Å²) in [5.74, 6) is 0. The van der Waals surface area contributed by atoms with Crippen molar-refractivity contribution in [3.8, 4) is 0 Å². The highest BCUT2D eigenvalue weighted by atomic mass is 35.5. The second-order valence-corrected chi connectivity index (χ2v) is 6.12. The summed E-state index contributed by atoms with van der Waals surface area (Å²) in [6, 6.07) is 6.73. The number of hydrogen-bond acceptors (Lipinski definition) is 2. The van der Waals surface area contributed by atoms with Crippen LogP contribution in [0.3, 0.4) is 0 Å². The fourth-order valence-corrected chi connectivity index (χ4v) is 3.09. The van der Waals surface area contributed by atoms with Crippen molar-refractivity contribution in [2.24, 2.45) is 0 Å². The van der Waals surface area contributed by atoms with Gasteiger partial charge in [-0.25, -0.2) is 0 Å². The topological polar surface area (TPSA) is 29.9 Å². The first-order valence-corrected chi connectivity index (χ1v) is 7.87. The van der Waals surface area contributed by atoms with E-state index in [9.17, 15) is 0 Å². The highest BCUT2D eigenvalue weighted by Gasteiger charge is 2.25. The Morgan fingerprint density at radius 3 is 2.38 bits per heavy atom. The van der Waals surface area contributed by atoms with Gasteiger partial charge in [-0.1, -0.05) is 36.7 Å². The molecule has 1 aromatic heterocycles. The summed E-state index contributed by atoms with van der Waals surface area (Å²) in [7, 11) is 0. The standard InChI is InChI=1S/C17H24ClN3/c1-6-19-16(15-12(4)8-7-9-13(15)5)17-14(18)10-20-21(17)11(2)3/h7-11,16,19H,6H2,1-5H3. The Balaban J connectivity index is 2.62. The van der Waals surface area contributed by atoms with E-state index < -0.39 is 0 Å². The number of aromatic nitrogens is 2. The minimum absolute atomic E-state index is 0.0635. The second kappa shape index (κ2) is 6.63. The van der Waals surface area contributed by atoms with Crippen LogP contribution in [-0.2, 0) is 0 Å². The first kappa shape index (κ1) is 16.1. The third-order valence-corrected chi connectivity index (χ3v) is 4.08. The van der Waals surface area contributed by atoms with Gasteiger partial charge in [-0.05, 0) is 50.9 Å². The normalized spacial score (nSPS) is 12.9. The van der Waals surface area contributed by atoms with Gasteiger partial charge in [0.2, 0.25) is 0 Å². The molecule has 1 aromatic carbocycles. The molecule has 0 saturated heterocycles. The van der Waals surface area contributed by atoms with Gasteiger partial charge in [0.25, 0.3) is 0 Å². The number of rotatable bonds is 5. The first-order valence-electron chi connectivity index (χ1n) is 7.49. The van der Waals surface area contributed by atoms with E-state index >= 15 is 0 Å². The minimum Gasteiger partial charge on any atom is -0.305 e. The lowest BCUT2D eigenvalue weighted by molar-refractivity contribution is 0.475. The van der Waals surface area contributed by atoms with E-state index in [1.807, 2.05) is 4.68 Å². The number of benzene rings is 1. The summed E-state index contributed by atoms with van der Waals surface area (Å²) in [6.45, 7) is 11.5. The van der Waals surface area contributed by atoms with Crippen LogP contribution in [-0.4, -0.2) is 16.3 Å². The Labute approximate surface area is 132 Å². The summed E-state index contributed by atoms with van der Waals surface area (Å²) < 4.78 is 2.02. The van der Waals surface area contributed by atoms with Crippen molar-refractivity contribution >= 4 is 11.6 Å². The van der Waals surface area contributed by atoms with Crippen molar-refractivity contribution in [1.29, 1.82) is 0 Å². The molecule has 3 nitrogen and oxygen atoms in total. The maximum atomic E-state index is 6.45. The number of hydrogen-bond donors (Lipinski definition) is 1. The fraction of sp³-hybridized carbons (Fsp3) is 0.471. The van der Waals surface area contributed by atoms with Crippen LogP contribution in [0.2, 0.25) is 5.02 Å². The maximum Gasteiger partial charge on any atom is 0.0837 e. The smallest absolute Gasteiger partial charge is 0.0837 e. The molecule has 0 aliphatic rings. The van der Waals surface area contributed by atoms with Crippen LogP contribution in [0, 0.1) is 13.8 Å². The van der Waals surface area contributed by atoms with Gasteiger partial charge in [0.15, 0.2) is 0 Å². The van der Waals surface area contributed by atoms with E-state index in [0.29, 0.717) is 0 Å². The second-order valence-electron chi connectivity index (χ2n) is 5.71. The minimum atomic E-state index is 0.0635. The van der Waals surface area contributed by atoms with Gasteiger partial charge in [-0.2, -0.15) is 5.10 Å². The van der Waals surface area contributed by atoms with Crippen LogP contribution in [0.25, 0.3) is 0 Å². The average Bonchev–Trinajstić information content (AvgIpc) is 2.79. The molecule has 1 N–H and O–H groups in total. The van der Waals surface area contributed by atoms with Gasteiger partial charge < -0.3 is 5.32 Å². The Morgan fingerprint density at radius 2 is 1.86 bits per heavy atom. The van der Waals surface area contributed by atoms with Gasteiger partial charge in [0, 0.05) is 6.04 Å². The number of nitrogens with one attached hydrogen (secondary N) is 1. The SMILES string of the molecule is CCNC(c1c(C)cccc1C)c1c(Cl)cnn1C(C)C. The third-order valence-electron chi connectivity index (χ3n) is 3.79. The molecule has 2 aromatic rings. The Morgan fingerprint density at radius 1 is 1.24 bits per heavy atom. The number of nitrogens with zero attached hydrogens (tertiary/aromatic N) is 2. The van der Waals surface area contributed by atoms with Gasteiger partial charge >= 0.3 is 0 Å². The third kappa shape index (κ3) is 3.14. The molecular formula is C17H24ClN3. The number of aryl methyl sites for hydroxylation is 2. The number of halogens is 1. The van der Waals surface area contributed by atoms with Crippen molar-refractivity contribution < 1.29 is 0 Å². The van der Waals surface area contributed by atoms with Crippen LogP contribution in [0.1, 0.15) is 55.2 Å². The Hall–Kier alpha value is -1.32. The zero-order valence-corrected chi connectivity index (χ0v) is 14.2. The largest absolute Gasteiger partial charge is 0.305 e. The van der Waals surface area contributed by atoms with E-state index in [1.54, 1.807) is 6.20 Å². The van der Waals surface area contributed by atoms with Crippen LogP contribution >= 0.6 is 11.6 Å². The lowest BCUT2D eigenvalue weighted by Gasteiger charge is -2.25. The molecule has 21 heavy (non-hydrogen) atoms. The van der Waals surface area contributed by atoms with E-state index in [4.69, 9.17) is 11.6 Å². The van der Waals surface area contributed by atoms with E-state index in [-0.39, 0.29) is 12.1 Å². The van der Waals surface area contributed by atoms with Crippen LogP contribution < -0.4 is 5.32 Å². The van der Waals surface area contributed by atoms with E-state index in [0.717, 1.165) is 17.3 Å². The van der Waals surface area contributed by atoms with E-state index in [2.05, 4.69) is 63.2 Å². The molecular weight excluding hydrogens is 282 g/mol. The zero-order valence-electron chi connectivity index (χ0n) is 13.4. The molecule has 114 valence electrons. The van der Waals surface area contributed by atoms with Crippen molar-refractivity contribution in [2.75, 3.05) is 6.54 Å². The van der Waals surface area contributed by atoms with Crippen LogP contribution in [0.4, 0.5) is 0 Å². The summed E-state index contributed by atoms with van der Waals surface area (Å²) >= 11 is 6.45. The van der Waals surface area contributed by atoms with Gasteiger partial charge in [0.05, 0.1) is 23.0 Å².